The number of rotatable bonds is 4. The molecule has 1 heterocycles. The molecule has 0 spiro atoms. The van der Waals surface area contributed by atoms with Crippen molar-refractivity contribution in [2.45, 2.75) is 13.8 Å². The van der Waals surface area contributed by atoms with Crippen molar-refractivity contribution in [1.29, 1.82) is 0 Å². The zero-order valence-corrected chi connectivity index (χ0v) is 18.9. The second-order valence-corrected chi connectivity index (χ2v) is 8.30. The molecule has 4 aromatic rings. The lowest BCUT2D eigenvalue weighted by Gasteiger charge is -2.07. The molecule has 4 rings (SSSR count). The number of anilines is 1. The van der Waals surface area contributed by atoms with Gasteiger partial charge in [-0.1, -0.05) is 70.7 Å². The summed E-state index contributed by atoms with van der Waals surface area (Å²) in [7, 11) is 0. The van der Waals surface area contributed by atoms with Crippen molar-refractivity contribution in [3.05, 3.63) is 92.7 Å². The molecule has 156 valence electrons. The van der Waals surface area contributed by atoms with Crippen molar-refractivity contribution < 1.29 is 4.79 Å². The molecule has 1 amide bonds. The molecule has 31 heavy (non-hydrogen) atoms. The summed E-state index contributed by atoms with van der Waals surface area (Å²) in [6, 6.07) is 18.2. The van der Waals surface area contributed by atoms with Crippen molar-refractivity contribution in [1.82, 2.24) is 14.8 Å². The molecule has 0 radical (unpaired) electrons. The molecule has 0 aliphatic heterocycles. The number of aromatic nitrogens is 3. The molecule has 5 nitrogen and oxygen atoms in total. The summed E-state index contributed by atoms with van der Waals surface area (Å²) in [5.74, 6) is 0.0740. The molecule has 0 unspecified atom stereocenters. The molecule has 0 bridgehead atoms. The number of benzene rings is 3. The number of carbonyl (C=O) groups excluding carboxylic acids is 1. The fourth-order valence-corrected chi connectivity index (χ4v) is 3.47. The number of hydrogen-bond donors (Lipinski definition) is 1. The van der Waals surface area contributed by atoms with Crippen LogP contribution in [0, 0.1) is 13.8 Å². The van der Waals surface area contributed by atoms with Gasteiger partial charge in [-0.15, -0.1) is 5.10 Å². The number of halogens is 3. The molecule has 1 aromatic heterocycles. The van der Waals surface area contributed by atoms with Crippen LogP contribution < -0.4 is 5.32 Å². The third-order valence-corrected chi connectivity index (χ3v) is 5.69. The first-order chi connectivity index (χ1) is 14.8. The van der Waals surface area contributed by atoms with E-state index >= 15 is 0 Å². The molecule has 1 N–H and O–H groups in total. The highest BCUT2D eigenvalue weighted by atomic mass is 35.5. The van der Waals surface area contributed by atoms with Gasteiger partial charge in [-0.25, -0.2) is 9.67 Å². The van der Waals surface area contributed by atoms with Gasteiger partial charge < -0.3 is 5.32 Å². The summed E-state index contributed by atoms with van der Waals surface area (Å²) in [6.07, 6.45) is 0. The molecular formula is C23H17Cl3N4O. The van der Waals surface area contributed by atoms with Gasteiger partial charge in [-0.05, 0) is 49.7 Å². The Morgan fingerprint density at radius 2 is 1.65 bits per heavy atom. The minimum atomic E-state index is -0.447. The molecule has 0 aliphatic rings. The van der Waals surface area contributed by atoms with Crippen molar-refractivity contribution >= 4 is 46.4 Å². The van der Waals surface area contributed by atoms with Crippen LogP contribution in [-0.4, -0.2) is 20.7 Å². The summed E-state index contributed by atoms with van der Waals surface area (Å²) in [5.41, 5.74) is 4.03. The summed E-state index contributed by atoms with van der Waals surface area (Å²) >= 11 is 18.3. The molecule has 0 aliphatic carbocycles. The highest BCUT2D eigenvalue weighted by Gasteiger charge is 2.20. The lowest BCUT2D eigenvalue weighted by Crippen LogP contribution is -2.15. The molecule has 0 atom stereocenters. The van der Waals surface area contributed by atoms with Crippen molar-refractivity contribution in [3.8, 4) is 17.1 Å². The van der Waals surface area contributed by atoms with E-state index < -0.39 is 5.91 Å². The predicted octanol–water partition coefficient (Wildman–Crippen LogP) is 6.76. The molecule has 0 saturated carbocycles. The Labute approximate surface area is 194 Å². The fraction of sp³-hybridized carbons (Fsp3) is 0.0870. The quantitative estimate of drug-likeness (QED) is 0.357. The Morgan fingerprint density at radius 3 is 2.35 bits per heavy atom. The third-order valence-electron chi connectivity index (χ3n) is 4.72. The lowest BCUT2D eigenvalue weighted by atomic mass is 10.1. The molecular weight excluding hydrogens is 455 g/mol. The summed E-state index contributed by atoms with van der Waals surface area (Å²) < 4.78 is 1.58. The lowest BCUT2D eigenvalue weighted by molar-refractivity contribution is 0.101. The van der Waals surface area contributed by atoms with Crippen LogP contribution in [0.1, 0.15) is 21.7 Å². The van der Waals surface area contributed by atoms with E-state index in [1.165, 1.54) is 0 Å². The van der Waals surface area contributed by atoms with Crippen LogP contribution in [-0.2, 0) is 0 Å². The average Bonchev–Trinajstić information content (AvgIpc) is 3.19. The van der Waals surface area contributed by atoms with Crippen LogP contribution in [0.3, 0.4) is 0 Å². The topological polar surface area (TPSA) is 59.8 Å². The third kappa shape index (κ3) is 4.59. The summed E-state index contributed by atoms with van der Waals surface area (Å²) in [5, 5.41) is 8.62. The van der Waals surface area contributed by atoms with Gasteiger partial charge in [0.1, 0.15) is 0 Å². The molecule has 0 fully saturated rings. The van der Waals surface area contributed by atoms with E-state index in [2.05, 4.69) is 15.4 Å². The maximum atomic E-state index is 12.9. The Kier molecular flexibility index (Phi) is 6.01. The predicted molar refractivity (Wildman–Crippen MR) is 126 cm³/mol. The van der Waals surface area contributed by atoms with Crippen LogP contribution >= 0.6 is 34.8 Å². The van der Waals surface area contributed by atoms with Crippen LogP contribution in [0.5, 0.6) is 0 Å². The maximum Gasteiger partial charge on any atom is 0.295 e. The van der Waals surface area contributed by atoms with Gasteiger partial charge in [0.2, 0.25) is 5.82 Å². The highest BCUT2D eigenvalue weighted by Crippen LogP contribution is 2.28. The van der Waals surface area contributed by atoms with E-state index in [1.54, 1.807) is 35.0 Å². The van der Waals surface area contributed by atoms with Gasteiger partial charge in [-0.3, -0.25) is 4.79 Å². The Bertz CT molecular complexity index is 1280. The standard InChI is InChI=1S/C23H17Cl3N4O/c1-13-3-6-15(7-4-13)22-28-21(23(31)27-20-11-16(24)8-5-14(20)2)29-30(22)17-9-10-18(25)19(26)12-17/h3-12H,1-2H3,(H,27,31). The van der Waals surface area contributed by atoms with E-state index in [-0.39, 0.29) is 5.82 Å². The Hall–Kier alpha value is -2.86. The SMILES string of the molecule is Cc1ccc(-c2nc(C(=O)Nc3cc(Cl)ccc3C)nn2-c2ccc(Cl)c(Cl)c2)cc1. The van der Waals surface area contributed by atoms with Crippen molar-refractivity contribution in [2.24, 2.45) is 0 Å². The molecule has 3 aromatic carbocycles. The van der Waals surface area contributed by atoms with Crippen molar-refractivity contribution in [3.63, 3.8) is 0 Å². The zero-order chi connectivity index (χ0) is 22.1. The Balaban J connectivity index is 1.78. The normalized spacial score (nSPS) is 10.9. The van der Waals surface area contributed by atoms with Crippen LogP contribution in [0.2, 0.25) is 15.1 Å². The first kappa shape index (κ1) is 21.4. The summed E-state index contributed by atoms with van der Waals surface area (Å²) in [6.45, 7) is 3.88. The molecule has 0 saturated heterocycles. The fourth-order valence-electron chi connectivity index (χ4n) is 3.00. The average molecular weight is 472 g/mol. The van der Waals surface area contributed by atoms with Gasteiger partial charge in [0.05, 0.1) is 15.7 Å². The largest absolute Gasteiger partial charge is 0.319 e. The van der Waals surface area contributed by atoms with E-state index in [0.29, 0.717) is 32.3 Å². The minimum absolute atomic E-state index is 0.0148. The van der Waals surface area contributed by atoms with E-state index in [9.17, 15) is 4.79 Å². The van der Waals surface area contributed by atoms with E-state index in [1.807, 2.05) is 44.2 Å². The second kappa shape index (κ2) is 8.71. The minimum Gasteiger partial charge on any atom is -0.319 e. The van der Waals surface area contributed by atoms with Crippen LogP contribution in [0.4, 0.5) is 5.69 Å². The van der Waals surface area contributed by atoms with Crippen LogP contribution in [0.25, 0.3) is 17.1 Å². The number of hydrogen-bond acceptors (Lipinski definition) is 3. The number of carbonyl (C=O) groups is 1. The van der Waals surface area contributed by atoms with Gasteiger partial charge in [-0.2, -0.15) is 0 Å². The first-order valence-corrected chi connectivity index (χ1v) is 10.5. The zero-order valence-electron chi connectivity index (χ0n) is 16.7. The number of nitrogens with zero attached hydrogens (tertiary/aromatic N) is 3. The van der Waals surface area contributed by atoms with E-state index in [0.717, 1.165) is 16.7 Å². The number of aryl methyl sites for hydroxylation is 2. The second-order valence-electron chi connectivity index (χ2n) is 7.05. The monoisotopic (exact) mass is 470 g/mol. The summed E-state index contributed by atoms with van der Waals surface area (Å²) in [4.78, 5) is 17.5. The van der Waals surface area contributed by atoms with E-state index in [4.69, 9.17) is 34.8 Å². The van der Waals surface area contributed by atoms with Gasteiger partial charge in [0, 0.05) is 16.3 Å². The van der Waals surface area contributed by atoms with Gasteiger partial charge in [0.25, 0.3) is 5.91 Å². The highest BCUT2D eigenvalue weighted by molar-refractivity contribution is 6.42. The smallest absolute Gasteiger partial charge is 0.295 e. The first-order valence-electron chi connectivity index (χ1n) is 9.39. The Morgan fingerprint density at radius 1 is 0.903 bits per heavy atom. The van der Waals surface area contributed by atoms with Gasteiger partial charge in [0.15, 0.2) is 5.82 Å². The van der Waals surface area contributed by atoms with Crippen LogP contribution in [0.15, 0.2) is 60.7 Å². The number of amides is 1. The number of nitrogens with one attached hydrogen (secondary N) is 1. The molecule has 8 heteroatoms. The maximum absolute atomic E-state index is 12.9. The van der Waals surface area contributed by atoms with Crippen molar-refractivity contribution in [2.75, 3.05) is 5.32 Å². The van der Waals surface area contributed by atoms with Gasteiger partial charge >= 0.3 is 0 Å².